The number of carbonyl (C=O) groups excluding carboxylic acids is 1. The highest BCUT2D eigenvalue weighted by Gasteiger charge is 2.30. The Labute approximate surface area is 129 Å². The van der Waals surface area contributed by atoms with Crippen molar-refractivity contribution in [3.8, 4) is 0 Å². The zero-order valence-corrected chi connectivity index (χ0v) is 13.2. The second-order valence-electron chi connectivity index (χ2n) is 5.46. The second-order valence-corrected chi connectivity index (χ2v) is 6.52. The summed E-state index contributed by atoms with van der Waals surface area (Å²) in [5, 5.41) is 4.07. The molecule has 1 atom stereocenters. The maximum atomic E-state index is 12.3. The number of nitrogens with one attached hydrogen (secondary N) is 1. The summed E-state index contributed by atoms with van der Waals surface area (Å²) in [6.45, 7) is 3.64. The van der Waals surface area contributed by atoms with Gasteiger partial charge in [-0.25, -0.2) is 9.78 Å². The fraction of sp³-hybridized carbons (Fsp3) is 0.500. The van der Waals surface area contributed by atoms with Crippen molar-refractivity contribution in [3.05, 3.63) is 29.3 Å². The lowest BCUT2D eigenvalue weighted by atomic mass is 10.0. The Balaban J connectivity index is 1.84. The van der Waals surface area contributed by atoms with E-state index in [0.717, 1.165) is 49.3 Å². The van der Waals surface area contributed by atoms with Gasteiger partial charge >= 0.3 is 6.03 Å². The highest BCUT2D eigenvalue weighted by molar-refractivity contribution is 7.18. The van der Waals surface area contributed by atoms with E-state index < -0.39 is 0 Å². The van der Waals surface area contributed by atoms with E-state index in [1.807, 2.05) is 23.1 Å². The molecule has 2 amide bonds. The lowest BCUT2D eigenvalue weighted by Crippen LogP contribution is -2.44. The van der Waals surface area contributed by atoms with Crippen LogP contribution in [0.2, 0.25) is 0 Å². The molecule has 0 spiro atoms. The van der Waals surface area contributed by atoms with Crippen LogP contribution in [-0.2, 0) is 0 Å². The van der Waals surface area contributed by atoms with E-state index in [9.17, 15) is 4.79 Å². The molecule has 3 rings (SSSR count). The van der Waals surface area contributed by atoms with E-state index in [0.29, 0.717) is 0 Å². The maximum absolute atomic E-state index is 12.3. The monoisotopic (exact) mass is 303 g/mol. The molecular weight excluding hydrogens is 282 g/mol. The number of piperidine rings is 1. The molecule has 1 unspecified atom stereocenters. The molecule has 112 valence electrons. The van der Waals surface area contributed by atoms with Gasteiger partial charge in [0.2, 0.25) is 0 Å². The third-order valence-corrected chi connectivity index (χ3v) is 5.02. The number of hydrogen-bond acceptors (Lipinski definition) is 3. The van der Waals surface area contributed by atoms with Gasteiger partial charge in [0.25, 0.3) is 0 Å². The molecule has 1 aromatic heterocycles. The smallest absolute Gasteiger partial charge is 0.317 e. The summed E-state index contributed by atoms with van der Waals surface area (Å²) < 4.78 is 1.20. The predicted molar refractivity (Wildman–Crippen MR) is 86.6 cm³/mol. The molecule has 2 heterocycles. The third-order valence-electron chi connectivity index (χ3n) is 3.89. The molecule has 4 nitrogen and oxygen atoms in total. The van der Waals surface area contributed by atoms with E-state index in [1.54, 1.807) is 11.3 Å². The van der Waals surface area contributed by atoms with Crippen LogP contribution < -0.4 is 5.32 Å². The molecule has 5 heteroatoms. The molecule has 0 bridgehead atoms. The van der Waals surface area contributed by atoms with Crippen molar-refractivity contribution in [1.82, 2.24) is 15.2 Å². The summed E-state index contributed by atoms with van der Waals surface area (Å²) in [5.41, 5.74) is 1.04. The number of urea groups is 1. The van der Waals surface area contributed by atoms with Gasteiger partial charge in [-0.15, -0.1) is 11.3 Å². The molecule has 2 aromatic rings. The van der Waals surface area contributed by atoms with Crippen LogP contribution in [0.25, 0.3) is 10.2 Å². The molecule has 1 aromatic carbocycles. The van der Waals surface area contributed by atoms with E-state index >= 15 is 0 Å². The quantitative estimate of drug-likeness (QED) is 0.933. The minimum Gasteiger partial charge on any atom is -0.338 e. The number of amides is 2. The highest BCUT2D eigenvalue weighted by Crippen LogP contribution is 2.35. The third kappa shape index (κ3) is 3.02. The van der Waals surface area contributed by atoms with Gasteiger partial charge in [-0.3, -0.25) is 0 Å². The average Bonchev–Trinajstić information content (AvgIpc) is 2.96. The number of para-hydroxylation sites is 1. The van der Waals surface area contributed by atoms with Crippen molar-refractivity contribution in [1.29, 1.82) is 0 Å². The first-order valence-electron chi connectivity index (χ1n) is 7.69. The Morgan fingerprint density at radius 1 is 1.43 bits per heavy atom. The largest absolute Gasteiger partial charge is 0.338 e. The molecule has 1 saturated heterocycles. The summed E-state index contributed by atoms with van der Waals surface area (Å²) in [7, 11) is 0. The first-order chi connectivity index (χ1) is 10.3. The van der Waals surface area contributed by atoms with Gasteiger partial charge in [-0.1, -0.05) is 19.1 Å². The molecule has 1 aliphatic rings. The number of hydrogen-bond donors (Lipinski definition) is 1. The zero-order valence-electron chi connectivity index (χ0n) is 12.3. The summed E-state index contributed by atoms with van der Waals surface area (Å²) in [6.07, 6.45) is 4.23. The number of aromatic nitrogens is 1. The Kier molecular flexibility index (Phi) is 4.39. The SMILES string of the molecule is CCCNC(=O)N1CCCCC1c1nc2ccccc2s1. The van der Waals surface area contributed by atoms with Crippen LogP contribution in [0.5, 0.6) is 0 Å². The minimum atomic E-state index is 0.0563. The molecule has 0 aliphatic carbocycles. The summed E-state index contributed by atoms with van der Waals surface area (Å²) in [6, 6.07) is 8.38. The number of fused-ring (bicyclic) bond motifs is 1. The van der Waals surface area contributed by atoms with Crippen LogP contribution in [-0.4, -0.2) is 29.0 Å². The Bertz CT molecular complexity index is 592. The van der Waals surface area contributed by atoms with Gasteiger partial charge in [0.1, 0.15) is 5.01 Å². The number of likely N-dealkylation sites (tertiary alicyclic amines) is 1. The first-order valence-corrected chi connectivity index (χ1v) is 8.51. The van der Waals surface area contributed by atoms with Gasteiger partial charge in [0.05, 0.1) is 16.3 Å². The fourth-order valence-electron chi connectivity index (χ4n) is 2.80. The fourth-order valence-corrected chi connectivity index (χ4v) is 3.91. The van der Waals surface area contributed by atoms with Crippen LogP contribution in [0.1, 0.15) is 43.7 Å². The van der Waals surface area contributed by atoms with Crippen LogP contribution in [0.4, 0.5) is 4.79 Å². The number of thiazole rings is 1. The van der Waals surface area contributed by atoms with Gasteiger partial charge in [-0.05, 0) is 37.8 Å². The summed E-state index contributed by atoms with van der Waals surface area (Å²) in [5.74, 6) is 0. The minimum absolute atomic E-state index is 0.0563. The summed E-state index contributed by atoms with van der Waals surface area (Å²) >= 11 is 1.72. The van der Waals surface area contributed by atoms with Crippen molar-refractivity contribution in [2.75, 3.05) is 13.1 Å². The van der Waals surface area contributed by atoms with Crippen molar-refractivity contribution >= 4 is 27.6 Å². The van der Waals surface area contributed by atoms with E-state index in [2.05, 4.69) is 18.3 Å². The topological polar surface area (TPSA) is 45.2 Å². The Hall–Kier alpha value is -1.62. The Morgan fingerprint density at radius 2 is 2.29 bits per heavy atom. The van der Waals surface area contributed by atoms with Crippen LogP contribution in [0.3, 0.4) is 0 Å². The maximum Gasteiger partial charge on any atom is 0.317 e. The van der Waals surface area contributed by atoms with Gasteiger partial charge < -0.3 is 10.2 Å². The number of carbonyl (C=O) groups is 1. The normalized spacial score (nSPS) is 18.9. The molecule has 0 radical (unpaired) electrons. The number of nitrogens with zero attached hydrogens (tertiary/aromatic N) is 2. The van der Waals surface area contributed by atoms with Crippen molar-refractivity contribution < 1.29 is 4.79 Å². The van der Waals surface area contributed by atoms with Crippen LogP contribution in [0, 0.1) is 0 Å². The number of benzene rings is 1. The molecule has 0 saturated carbocycles. The second kappa shape index (κ2) is 6.43. The predicted octanol–water partition coefficient (Wildman–Crippen LogP) is 3.94. The first kappa shape index (κ1) is 14.3. The Morgan fingerprint density at radius 3 is 3.10 bits per heavy atom. The molecule has 1 fully saturated rings. The molecular formula is C16H21N3OS. The van der Waals surface area contributed by atoms with Crippen LogP contribution >= 0.6 is 11.3 Å². The van der Waals surface area contributed by atoms with E-state index in [-0.39, 0.29) is 12.1 Å². The van der Waals surface area contributed by atoms with E-state index in [1.165, 1.54) is 4.70 Å². The lowest BCUT2D eigenvalue weighted by Gasteiger charge is -2.34. The molecule has 21 heavy (non-hydrogen) atoms. The standard InChI is InChI=1S/C16H21N3OS/c1-2-10-17-16(20)19-11-6-5-8-13(19)15-18-12-7-3-4-9-14(12)21-15/h3-4,7,9,13H,2,5-6,8,10-11H2,1H3,(H,17,20). The van der Waals surface area contributed by atoms with Crippen molar-refractivity contribution in [3.63, 3.8) is 0 Å². The van der Waals surface area contributed by atoms with Crippen molar-refractivity contribution in [2.45, 2.75) is 38.6 Å². The van der Waals surface area contributed by atoms with Gasteiger partial charge in [0.15, 0.2) is 0 Å². The van der Waals surface area contributed by atoms with Gasteiger partial charge in [0, 0.05) is 13.1 Å². The molecule has 1 N–H and O–H groups in total. The average molecular weight is 303 g/mol. The van der Waals surface area contributed by atoms with E-state index in [4.69, 9.17) is 4.98 Å². The van der Waals surface area contributed by atoms with Gasteiger partial charge in [-0.2, -0.15) is 0 Å². The number of rotatable bonds is 3. The highest BCUT2D eigenvalue weighted by atomic mass is 32.1. The lowest BCUT2D eigenvalue weighted by molar-refractivity contribution is 0.151. The zero-order chi connectivity index (χ0) is 14.7. The molecule has 1 aliphatic heterocycles. The summed E-state index contributed by atoms with van der Waals surface area (Å²) in [4.78, 5) is 19.1. The van der Waals surface area contributed by atoms with Crippen molar-refractivity contribution in [2.24, 2.45) is 0 Å². The van der Waals surface area contributed by atoms with Crippen LogP contribution in [0.15, 0.2) is 24.3 Å².